The van der Waals surface area contributed by atoms with Gasteiger partial charge in [0.05, 0.1) is 98.5 Å². The zero-order valence-electron chi connectivity index (χ0n) is 62.9. The fourth-order valence-electron chi connectivity index (χ4n) is 12.8. The first-order chi connectivity index (χ1) is 57.1. The van der Waals surface area contributed by atoms with Gasteiger partial charge in [0.2, 0.25) is 5.78 Å². The van der Waals surface area contributed by atoms with Crippen LogP contribution in [0.3, 0.4) is 0 Å². The van der Waals surface area contributed by atoms with Gasteiger partial charge in [-0.15, -0.1) is 0 Å². The fraction of sp³-hybridized carbons (Fsp3) is 0.392. The lowest BCUT2D eigenvalue weighted by Gasteiger charge is -2.39. The summed E-state index contributed by atoms with van der Waals surface area (Å²) in [5.41, 5.74) is 4.43. The smallest absolute Gasteiger partial charge is 0.338 e. The molecule has 3 aromatic rings. The number of carbonyl (C=O) groups excluding carboxylic acids is 11. The Morgan fingerprint density at radius 3 is 1.07 bits per heavy atom. The molecule has 648 valence electrons. The molecule has 16 unspecified atom stereocenters. The Bertz CT molecular complexity index is 4430. The molecular weight excluding hydrogens is 1630 g/mol. The third-order valence-corrected chi connectivity index (χ3v) is 18.6. The molecule has 16 atom stereocenters. The number of aliphatic carboxylic acids is 6. The fourth-order valence-corrected chi connectivity index (χ4v) is 12.8. The Kier molecular flexibility index (Phi) is 38.3. The summed E-state index contributed by atoms with van der Waals surface area (Å²) in [5.74, 6) is -21.8. The van der Waals surface area contributed by atoms with Crippen molar-refractivity contribution in [2.24, 2.45) is 51.2 Å². The maximum absolute atomic E-state index is 11.4. The molecule has 2 aliphatic heterocycles. The highest BCUT2D eigenvalue weighted by atomic mass is 16.6. The number of aromatic nitrogens is 2. The zero-order chi connectivity index (χ0) is 90.8. The molecule has 8 aliphatic rings. The third-order valence-electron chi connectivity index (χ3n) is 18.6. The molecule has 0 bridgehead atoms. The van der Waals surface area contributed by atoms with Gasteiger partial charge in [0.1, 0.15) is 48.3 Å². The number of ketones is 2. The summed E-state index contributed by atoms with van der Waals surface area (Å²) in [4.78, 5) is 252. The van der Waals surface area contributed by atoms with Crippen LogP contribution in [0.1, 0.15) is 125 Å². The number of nitrogens with zero attached hydrogens (tertiary/aromatic N) is 5. The molecule has 11 rings (SSSR count). The zero-order valence-corrected chi connectivity index (χ0v) is 62.9. The number of benzene rings is 2. The van der Waals surface area contributed by atoms with Gasteiger partial charge < -0.3 is 94.7 Å². The average Bonchev–Trinajstić information content (AvgIpc) is 1.08. The van der Waals surface area contributed by atoms with E-state index < -0.39 is 207 Å². The van der Waals surface area contributed by atoms with Crippen LogP contribution in [-0.2, 0) is 119 Å². The van der Waals surface area contributed by atoms with Crippen molar-refractivity contribution in [2.75, 3.05) is 0 Å². The van der Waals surface area contributed by atoms with Crippen LogP contribution in [0, 0.1) is 45.6 Å². The van der Waals surface area contributed by atoms with Gasteiger partial charge in [0.25, 0.3) is 44.9 Å². The molecule has 0 amide bonds. The number of hydrogen-bond donors (Lipinski definition) is 11. The van der Waals surface area contributed by atoms with Gasteiger partial charge in [-0.2, -0.15) is 0 Å². The summed E-state index contributed by atoms with van der Waals surface area (Å²) in [6.07, 6.45) is 7.81. The normalized spacial score (nSPS) is 24.8. The van der Waals surface area contributed by atoms with Crippen molar-refractivity contribution in [2.45, 2.75) is 145 Å². The van der Waals surface area contributed by atoms with Crippen LogP contribution in [0.2, 0.25) is 0 Å². The van der Waals surface area contributed by atoms with Crippen molar-refractivity contribution in [1.29, 1.82) is 0 Å². The number of Topliss-reactive ketones (excluding diaryl/α,β-unsaturated/α-hetero) is 2. The maximum atomic E-state index is 11.4. The summed E-state index contributed by atoms with van der Waals surface area (Å²) in [6, 6.07) is 0.592. The first kappa shape index (κ1) is 98.3. The van der Waals surface area contributed by atoms with Gasteiger partial charge in [-0.25, -0.2) is 38.7 Å². The van der Waals surface area contributed by atoms with Crippen molar-refractivity contribution in [3.63, 3.8) is 0 Å². The minimum Gasteiger partial charge on any atom is -0.481 e. The van der Waals surface area contributed by atoms with E-state index in [1.54, 1.807) is 18.2 Å². The van der Waals surface area contributed by atoms with Crippen molar-refractivity contribution >= 4 is 161 Å². The molecule has 4 saturated carbocycles. The molecule has 2 aromatic carbocycles. The number of carboxylic acid groups (broad SMARTS) is 10. The van der Waals surface area contributed by atoms with Gasteiger partial charge in [0.15, 0.2) is 5.78 Å². The highest BCUT2D eigenvalue weighted by molar-refractivity contribution is 6.09. The number of cyclic esters (lactones) is 2. The molecule has 47 nitrogen and oxygen atoms in total. The van der Waals surface area contributed by atoms with Crippen LogP contribution in [0.5, 0.6) is 0 Å². The summed E-state index contributed by atoms with van der Waals surface area (Å²) in [6.45, 7) is 9.55. The second-order valence-corrected chi connectivity index (χ2v) is 26.1. The summed E-state index contributed by atoms with van der Waals surface area (Å²) in [7, 11) is 0. The number of nitro groups is 1. The van der Waals surface area contributed by atoms with E-state index in [1.165, 1.54) is 6.92 Å². The summed E-state index contributed by atoms with van der Waals surface area (Å²) < 4.78 is 36.8. The van der Waals surface area contributed by atoms with Gasteiger partial charge in [0, 0.05) is 86.8 Å². The number of hydrogen-bond acceptors (Lipinski definition) is 36. The molecule has 0 spiro atoms. The van der Waals surface area contributed by atoms with Crippen LogP contribution in [-0.4, -0.2) is 266 Å². The van der Waals surface area contributed by atoms with Gasteiger partial charge in [-0.3, -0.25) is 92.0 Å². The van der Waals surface area contributed by atoms with E-state index in [1.807, 2.05) is 12.2 Å². The highest BCUT2D eigenvalue weighted by Crippen LogP contribution is 2.39. The largest absolute Gasteiger partial charge is 0.481 e. The van der Waals surface area contributed by atoms with E-state index in [0.29, 0.717) is 55.9 Å². The molecule has 6 aliphatic carbocycles. The molecule has 4 fully saturated rings. The number of carboxylic acids is 10. The molecule has 12 N–H and O–H groups in total. The Balaban J connectivity index is 0.000000303. The van der Waals surface area contributed by atoms with Crippen LogP contribution < -0.4 is 5.73 Å². The third kappa shape index (κ3) is 28.7. The minimum absolute atomic E-state index is 0.0124. The lowest BCUT2D eigenvalue weighted by atomic mass is 9.72. The quantitative estimate of drug-likeness (QED) is 0.00658. The van der Waals surface area contributed by atoms with Crippen LogP contribution in [0.15, 0.2) is 95.7 Å². The Hall–Kier alpha value is -15.1. The monoisotopic (exact) mass is 1700 g/mol. The summed E-state index contributed by atoms with van der Waals surface area (Å²) in [5, 5.41) is 102. The Morgan fingerprint density at radius 1 is 0.446 bits per heavy atom. The molecule has 0 saturated heterocycles. The molecular formula is C74H76N6O41. The number of rotatable bonds is 25. The van der Waals surface area contributed by atoms with E-state index >= 15 is 0 Å². The van der Waals surface area contributed by atoms with Crippen molar-refractivity contribution < 1.29 is 195 Å². The number of ether oxygens (including phenoxy) is 8. The number of fused-ring (bicyclic) bond motifs is 4. The maximum Gasteiger partial charge on any atom is 0.338 e. The van der Waals surface area contributed by atoms with E-state index in [2.05, 4.69) is 47.3 Å². The predicted molar refractivity (Wildman–Crippen MR) is 394 cm³/mol. The number of allylic oxidation sites excluding steroid dienone is 2. The van der Waals surface area contributed by atoms with Crippen LogP contribution in [0.25, 0.3) is 22.1 Å². The minimum atomic E-state index is -1.52. The Labute approximate surface area is 677 Å². The van der Waals surface area contributed by atoms with E-state index in [9.17, 15) is 131 Å². The predicted octanol–water partition coefficient (Wildman–Crippen LogP) is 1.46. The highest BCUT2D eigenvalue weighted by Gasteiger charge is 2.50. The van der Waals surface area contributed by atoms with Crippen molar-refractivity contribution in [3.05, 3.63) is 118 Å². The van der Waals surface area contributed by atoms with E-state index in [0.717, 1.165) is 36.4 Å². The standard InChI is InChI=1S/C16H18N2O8.C16H8N2O8.C10H12O6.C8H9NO7.C8H11NO5.C8H10O4.C4H2O3.C4H6/c2*19-13(20)5-1-9-10(2-6(5)14(21)22)18-12-4-8(16(25)26)7(15(23)24)3-11(12)17-9;1-7(13)16-8-2-3-9(14-5-11)10(4-8)15-6-12;10-3-16-7-2-6(11)5(9(14)15)1-4(7)8(12)13;9-5-1-4(8(12)13)7(14-3-10)2-6(5)11;9-5-11-7-3-1-2-4-8(7)12-6-10;5-3-1-2-4(6)7-3;1-3-4-2/h5-9,12H,1-4H2,(H,19,20)(H,21,22)(H,23,24)(H,25,26);1-4H,(H,19,20)(H,21,22)(H,23,24)(H,25,26);2,5-6,9-10H,3-4H2,1H3;3-5,7H,1-2H2,(H,12,13);3-5,7H,1-2,9H2,(H,12,13);1-2,5-8H,3-4H2;1-2H;3-4H,1-2H2. The Morgan fingerprint density at radius 2 is 0.769 bits per heavy atom. The number of aliphatic imine (C=N–C) groups is 2. The van der Waals surface area contributed by atoms with Crippen molar-refractivity contribution in [1.82, 2.24) is 9.97 Å². The van der Waals surface area contributed by atoms with Crippen LogP contribution >= 0.6 is 0 Å². The first-order valence-electron chi connectivity index (χ1n) is 35.1. The van der Waals surface area contributed by atoms with E-state index in [-0.39, 0.29) is 104 Å². The number of nitrogens with two attached hydrogens (primary N) is 1. The van der Waals surface area contributed by atoms with Crippen molar-refractivity contribution in [3.8, 4) is 0 Å². The average molecular weight is 1710 g/mol. The summed E-state index contributed by atoms with van der Waals surface area (Å²) >= 11 is 0. The molecule has 1 aromatic heterocycles. The molecule has 47 heteroatoms. The number of aromatic carboxylic acids is 4. The first-order valence-corrected chi connectivity index (χ1v) is 35.1. The van der Waals surface area contributed by atoms with E-state index in [4.69, 9.17) is 60.1 Å². The van der Waals surface area contributed by atoms with Gasteiger partial charge >= 0.3 is 77.6 Å². The SMILES string of the molecule is C=CC=C.CC(=O)OC1=CCC(OC=O)C(OC=O)C1.NC1CC(C(=O)O)C(OC=O)CC1=O.O=C(O)C1CC2=NC3CC(C(=O)O)C(C(=O)O)CC3=NC2CC1C(=O)O.O=C(O)c1cc2nc3cc(C(=O)O)c(C(=O)O)cc3nc2cc1C(=O)O.O=C1C=CC(=O)O1.O=COC1CC(=O)C([N+](=O)[O-])CC1C(=O)O.O=COC1CC=CCC1OC=O. The number of esters is 3. The lowest BCUT2D eigenvalue weighted by molar-refractivity contribution is -0.511. The lowest BCUT2D eigenvalue weighted by Crippen LogP contribution is -2.48. The molecule has 3 heterocycles. The van der Waals surface area contributed by atoms with Gasteiger partial charge in [-0.05, 0) is 49.6 Å². The second kappa shape index (κ2) is 47.2. The second-order valence-electron chi connectivity index (χ2n) is 26.1. The molecule has 121 heavy (non-hydrogen) atoms. The number of carbonyl (C=O) groups is 21. The molecule has 0 radical (unpaired) electrons. The van der Waals surface area contributed by atoms with Crippen LogP contribution in [0.4, 0.5) is 0 Å². The van der Waals surface area contributed by atoms with Gasteiger partial charge in [-0.1, -0.05) is 37.5 Å². The topological polar surface area (TPSA) is 754 Å².